The molecule has 1 unspecified atom stereocenters. The minimum absolute atomic E-state index is 0.202. The molecule has 0 aromatic heterocycles. The lowest BCUT2D eigenvalue weighted by atomic mass is 10.2. The first-order chi connectivity index (χ1) is 7.13. The van der Waals surface area contributed by atoms with Crippen LogP contribution >= 0.6 is 22.6 Å². The third-order valence-corrected chi connectivity index (χ3v) is 2.72. The topological polar surface area (TPSA) is 47.3 Å². The Hall–Kier alpha value is -0.490. The maximum absolute atomic E-state index is 5.87. The largest absolute Gasteiger partial charge is 0.397 e. The SMILES string of the molecule is CCOC(C)CNc1ccc(I)cc1N. The standard InChI is InChI=1S/C11H17IN2O/c1-3-15-8(2)7-14-11-5-4-9(12)6-10(11)13/h4-6,8,14H,3,7,13H2,1-2H3. The first-order valence-corrected chi connectivity index (χ1v) is 6.12. The predicted molar refractivity (Wildman–Crippen MR) is 73.1 cm³/mol. The molecule has 0 saturated carbocycles. The van der Waals surface area contributed by atoms with Gasteiger partial charge in [-0.05, 0) is 54.6 Å². The van der Waals surface area contributed by atoms with Gasteiger partial charge in [-0.3, -0.25) is 0 Å². The zero-order chi connectivity index (χ0) is 11.3. The monoisotopic (exact) mass is 320 g/mol. The van der Waals surface area contributed by atoms with Crippen molar-refractivity contribution in [2.75, 3.05) is 24.2 Å². The lowest BCUT2D eigenvalue weighted by molar-refractivity contribution is 0.0855. The van der Waals surface area contributed by atoms with Crippen molar-refractivity contribution in [1.82, 2.24) is 0 Å². The van der Waals surface area contributed by atoms with Crippen molar-refractivity contribution in [2.45, 2.75) is 20.0 Å². The molecule has 1 aromatic rings. The van der Waals surface area contributed by atoms with E-state index in [1.54, 1.807) is 0 Å². The Kier molecular flexibility index (Phi) is 5.17. The molecule has 0 saturated heterocycles. The summed E-state index contributed by atoms with van der Waals surface area (Å²) in [4.78, 5) is 0. The van der Waals surface area contributed by atoms with Crippen LogP contribution in [0.2, 0.25) is 0 Å². The molecule has 4 heteroatoms. The van der Waals surface area contributed by atoms with E-state index in [4.69, 9.17) is 10.5 Å². The first kappa shape index (κ1) is 12.6. The highest BCUT2D eigenvalue weighted by molar-refractivity contribution is 14.1. The van der Waals surface area contributed by atoms with Crippen molar-refractivity contribution >= 4 is 34.0 Å². The van der Waals surface area contributed by atoms with Crippen LogP contribution in [0.15, 0.2) is 18.2 Å². The van der Waals surface area contributed by atoms with Gasteiger partial charge in [0.05, 0.1) is 17.5 Å². The average Bonchev–Trinajstić information content (AvgIpc) is 2.17. The number of rotatable bonds is 5. The normalized spacial score (nSPS) is 12.5. The molecule has 3 N–H and O–H groups in total. The summed E-state index contributed by atoms with van der Waals surface area (Å²) in [7, 11) is 0. The Labute approximate surface area is 105 Å². The lowest BCUT2D eigenvalue weighted by Crippen LogP contribution is -2.20. The van der Waals surface area contributed by atoms with E-state index in [9.17, 15) is 0 Å². The van der Waals surface area contributed by atoms with Gasteiger partial charge in [0.15, 0.2) is 0 Å². The van der Waals surface area contributed by atoms with Gasteiger partial charge in [-0.2, -0.15) is 0 Å². The van der Waals surface area contributed by atoms with Gasteiger partial charge < -0.3 is 15.8 Å². The van der Waals surface area contributed by atoms with Crippen LogP contribution in [-0.4, -0.2) is 19.3 Å². The minimum Gasteiger partial charge on any atom is -0.397 e. The van der Waals surface area contributed by atoms with Crippen molar-refractivity contribution in [3.05, 3.63) is 21.8 Å². The van der Waals surface area contributed by atoms with Crippen LogP contribution in [0, 0.1) is 3.57 Å². The Morgan fingerprint density at radius 3 is 2.87 bits per heavy atom. The second kappa shape index (κ2) is 6.17. The van der Waals surface area contributed by atoms with Gasteiger partial charge in [0.25, 0.3) is 0 Å². The maximum atomic E-state index is 5.87. The molecule has 0 aliphatic carbocycles. The average molecular weight is 320 g/mol. The highest BCUT2D eigenvalue weighted by Gasteiger charge is 2.03. The van der Waals surface area contributed by atoms with Gasteiger partial charge in [-0.25, -0.2) is 0 Å². The van der Waals surface area contributed by atoms with Crippen molar-refractivity contribution in [3.63, 3.8) is 0 Å². The summed E-state index contributed by atoms with van der Waals surface area (Å²) >= 11 is 2.24. The number of hydrogen-bond donors (Lipinski definition) is 2. The van der Waals surface area contributed by atoms with Gasteiger partial charge in [-0.15, -0.1) is 0 Å². The number of nitrogen functional groups attached to an aromatic ring is 1. The van der Waals surface area contributed by atoms with Crippen molar-refractivity contribution in [2.24, 2.45) is 0 Å². The molecule has 0 spiro atoms. The predicted octanol–water partition coefficient (Wildman–Crippen LogP) is 2.71. The zero-order valence-electron chi connectivity index (χ0n) is 9.09. The summed E-state index contributed by atoms with van der Waals surface area (Å²) in [5, 5.41) is 3.27. The number of nitrogens with one attached hydrogen (secondary N) is 1. The van der Waals surface area contributed by atoms with Crippen LogP contribution in [0.4, 0.5) is 11.4 Å². The Morgan fingerprint density at radius 2 is 2.27 bits per heavy atom. The molecule has 1 rings (SSSR count). The van der Waals surface area contributed by atoms with E-state index in [0.717, 1.165) is 28.1 Å². The smallest absolute Gasteiger partial charge is 0.0719 e. The van der Waals surface area contributed by atoms with Gasteiger partial charge >= 0.3 is 0 Å². The second-order valence-electron chi connectivity index (χ2n) is 3.38. The summed E-state index contributed by atoms with van der Waals surface area (Å²) in [6.07, 6.45) is 0.202. The second-order valence-corrected chi connectivity index (χ2v) is 4.62. The minimum atomic E-state index is 0.202. The van der Waals surface area contributed by atoms with E-state index in [0.29, 0.717) is 0 Å². The number of hydrogen-bond acceptors (Lipinski definition) is 3. The van der Waals surface area contributed by atoms with E-state index in [1.165, 1.54) is 0 Å². The maximum Gasteiger partial charge on any atom is 0.0719 e. The van der Waals surface area contributed by atoms with Gasteiger partial charge in [0.2, 0.25) is 0 Å². The molecule has 84 valence electrons. The Balaban J connectivity index is 2.50. The van der Waals surface area contributed by atoms with E-state index in [1.807, 2.05) is 32.0 Å². The van der Waals surface area contributed by atoms with Crippen LogP contribution in [-0.2, 0) is 4.74 Å². The summed E-state index contributed by atoms with van der Waals surface area (Å²) in [5.41, 5.74) is 7.63. The lowest BCUT2D eigenvalue weighted by Gasteiger charge is -2.14. The molecule has 0 fully saturated rings. The quantitative estimate of drug-likeness (QED) is 0.648. The first-order valence-electron chi connectivity index (χ1n) is 5.04. The van der Waals surface area contributed by atoms with Crippen molar-refractivity contribution in [1.29, 1.82) is 0 Å². The van der Waals surface area contributed by atoms with E-state index >= 15 is 0 Å². The molecule has 15 heavy (non-hydrogen) atoms. The highest BCUT2D eigenvalue weighted by atomic mass is 127. The van der Waals surface area contributed by atoms with E-state index in [2.05, 4.69) is 27.9 Å². The fraction of sp³-hybridized carbons (Fsp3) is 0.455. The highest BCUT2D eigenvalue weighted by Crippen LogP contribution is 2.20. The van der Waals surface area contributed by atoms with Gasteiger partial charge in [0.1, 0.15) is 0 Å². The molecule has 0 radical (unpaired) electrons. The van der Waals surface area contributed by atoms with Gasteiger partial charge in [-0.1, -0.05) is 0 Å². The number of benzene rings is 1. The number of anilines is 2. The van der Waals surface area contributed by atoms with Crippen LogP contribution < -0.4 is 11.1 Å². The van der Waals surface area contributed by atoms with Crippen LogP contribution in [0.25, 0.3) is 0 Å². The molecule has 0 bridgehead atoms. The van der Waals surface area contributed by atoms with Crippen molar-refractivity contribution in [3.8, 4) is 0 Å². The van der Waals surface area contributed by atoms with E-state index in [-0.39, 0.29) is 6.10 Å². The summed E-state index contributed by atoms with van der Waals surface area (Å²) < 4.78 is 6.57. The fourth-order valence-corrected chi connectivity index (χ4v) is 1.81. The van der Waals surface area contributed by atoms with Crippen LogP contribution in [0.5, 0.6) is 0 Å². The molecule has 0 amide bonds. The molecule has 3 nitrogen and oxygen atoms in total. The molecular weight excluding hydrogens is 303 g/mol. The van der Waals surface area contributed by atoms with Crippen LogP contribution in [0.1, 0.15) is 13.8 Å². The van der Waals surface area contributed by atoms with Gasteiger partial charge in [0, 0.05) is 16.7 Å². The van der Waals surface area contributed by atoms with E-state index < -0.39 is 0 Å². The number of ether oxygens (including phenoxy) is 1. The van der Waals surface area contributed by atoms with Crippen molar-refractivity contribution < 1.29 is 4.74 Å². The number of halogens is 1. The molecule has 1 aromatic carbocycles. The zero-order valence-corrected chi connectivity index (χ0v) is 11.2. The molecular formula is C11H17IN2O. The molecule has 0 heterocycles. The Bertz CT molecular complexity index is 317. The summed E-state index contributed by atoms with van der Waals surface area (Å²) in [6.45, 7) is 5.55. The summed E-state index contributed by atoms with van der Waals surface area (Å²) in [5.74, 6) is 0. The van der Waals surface area contributed by atoms with Crippen LogP contribution in [0.3, 0.4) is 0 Å². The molecule has 0 aliphatic heterocycles. The summed E-state index contributed by atoms with van der Waals surface area (Å²) in [6, 6.07) is 5.98. The molecule has 0 aliphatic rings. The fourth-order valence-electron chi connectivity index (χ4n) is 1.29. The molecule has 1 atom stereocenters. The number of nitrogens with two attached hydrogens (primary N) is 1. The third kappa shape index (κ3) is 4.25. The third-order valence-electron chi connectivity index (χ3n) is 2.04. The Morgan fingerprint density at radius 1 is 1.53 bits per heavy atom.